The number of nitrogens with one attached hydrogen (secondary N) is 1. The molecule has 0 fully saturated rings. The molecule has 0 amide bonds. The molecule has 0 aromatic heterocycles. The van der Waals surface area contributed by atoms with Gasteiger partial charge < -0.3 is 10.4 Å². The molecule has 2 N–H and O–H groups in total. The van der Waals surface area contributed by atoms with Crippen molar-refractivity contribution in [3.05, 3.63) is 56.5 Å². The minimum Gasteiger partial charge on any atom is -0.507 e. The maximum Gasteiger partial charge on any atom is 0.129 e. The van der Waals surface area contributed by atoms with Gasteiger partial charge in [0.25, 0.3) is 0 Å². The maximum absolute atomic E-state index is 9.40. The quantitative estimate of drug-likeness (QED) is 0.812. The number of phenols is 1. The fraction of sp³-hybridized carbons (Fsp3) is 0.0769. The second kappa shape index (κ2) is 5.83. The Hall–Kier alpha value is -0.900. The molecule has 0 spiro atoms. The summed E-state index contributed by atoms with van der Waals surface area (Å²) in [5.41, 5.74) is 1.81. The van der Waals surface area contributed by atoms with Gasteiger partial charge in [-0.1, -0.05) is 29.3 Å². The van der Waals surface area contributed by atoms with Crippen LogP contribution in [0.3, 0.4) is 0 Å². The molecule has 0 heterocycles. The highest BCUT2D eigenvalue weighted by atomic mass is 79.9. The van der Waals surface area contributed by atoms with Gasteiger partial charge in [0.1, 0.15) is 5.75 Å². The van der Waals surface area contributed by atoms with Crippen molar-refractivity contribution >= 4 is 44.8 Å². The molecule has 0 bridgehead atoms. The molecule has 2 aromatic rings. The van der Waals surface area contributed by atoms with Crippen molar-refractivity contribution in [1.29, 1.82) is 0 Å². The smallest absolute Gasteiger partial charge is 0.129 e. The molecule has 18 heavy (non-hydrogen) atoms. The first kappa shape index (κ1) is 13.5. The van der Waals surface area contributed by atoms with E-state index >= 15 is 0 Å². The fourth-order valence-electron chi connectivity index (χ4n) is 1.49. The van der Waals surface area contributed by atoms with Crippen LogP contribution in [0.1, 0.15) is 5.56 Å². The molecule has 0 atom stereocenters. The molecule has 2 rings (SSSR count). The minimum atomic E-state index is 0.222. The third-order valence-corrected chi connectivity index (χ3v) is 3.62. The maximum atomic E-state index is 9.40. The lowest BCUT2D eigenvalue weighted by atomic mass is 10.2. The largest absolute Gasteiger partial charge is 0.507 e. The number of hydrogen-bond donors (Lipinski definition) is 2. The van der Waals surface area contributed by atoms with Crippen LogP contribution in [-0.2, 0) is 6.54 Å². The summed E-state index contributed by atoms with van der Waals surface area (Å²) in [7, 11) is 0. The van der Waals surface area contributed by atoms with Crippen LogP contribution in [0.15, 0.2) is 40.9 Å². The van der Waals surface area contributed by atoms with Gasteiger partial charge in [-0.2, -0.15) is 0 Å². The predicted molar refractivity (Wildman–Crippen MR) is 79.6 cm³/mol. The summed E-state index contributed by atoms with van der Waals surface area (Å²) in [5.74, 6) is 0.222. The van der Waals surface area contributed by atoms with E-state index in [2.05, 4.69) is 21.2 Å². The highest BCUT2D eigenvalue weighted by Gasteiger charge is 2.03. The molecule has 94 valence electrons. The standard InChI is InChI=1S/C13H10BrCl2NO/c14-10-5-8(1-4-13(10)18)7-17-12-6-9(15)2-3-11(12)16/h1-6,17-18H,7H2. The summed E-state index contributed by atoms with van der Waals surface area (Å²) in [5, 5.41) is 13.9. The third kappa shape index (κ3) is 3.31. The molecule has 0 radical (unpaired) electrons. The van der Waals surface area contributed by atoms with Gasteiger partial charge in [-0.3, -0.25) is 0 Å². The van der Waals surface area contributed by atoms with Gasteiger partial charge >= 0.3 is 0 Å². The van der Waals surface area contributed by atoms with Gasteiger partial charge in [0, 0.05) is 11.6 Å². The van der Waals surface area contributed by atoms with Gasteiger partial charge in [-0.25, -0.2) is 0 Å². The van der Waals surface area contributed by atoms with Crippen molar-refractivity contribution in [3.63, 3.8) is 0 Å². The monoisotopic (exact) mass is 345 g/mol. The van der Waals surface area contributed by atoms with Gasteiger partial charge in [-0.05, 0) is 51.8 Å². The lowest BCUT2D eigenvalue weighted by Gasteiger charge is -2.09. The Balaban J connectivity index is 2.11. The number of benzene rings is 2. The number of halogens is 3. The number of rotatable bonds is 3. The number of hydrogen-bond acceptors (Lipinski definition) is 2. The van der Waals surface area contributed by atoms with E-state index in [1.165, 1.54) is 0 Å². The van der Waals surface area contributed by atoms with E-state index in [9.17, 15) is 5.11 Å². The lowest BCUT2D eigenvalue weighted by Crippen LogP contribution is -1.99. The van der Waals surface area contributed by atoms with Crippen molar-refractivity contribution in [2.24, 2.45) is 0 Å². The second-order valence-corrected chi connectivity index (χ2v) is 5.46. The zero-order valence-corrected chi connectivity index (χ0v) is 12.4. The van der Waals surface area contributed by atoms with E-state index in [1.807, 2.05) is 12.1 Å². The summed E-state index contributed by atoms with van der Waals surface area (Å²) in [4.78, 5) is 0. The van der Waals surface area contributed by atoms with E-state index in [1.54, 1.807) is 24.3 Å². The van der Waals surface area contributed by atoms with Crippen LogP contribution < -0.4 is 5.32 Å². The Morgan fingerprint density at radius 1 is 1.11 bits per heavy atom. The summed E-state index contributed by atoms with van der Waals surface area (Å²) < 4.78 is 0.666. The topological polar surface area (TPSA) is 32.3 Å². The lowest BCUT2D eigenvalue weighted by molar-refractivity contribution is 0.471. The molecule has 2 aromatic carbocycles. The van der Waals surface area contributed by atoms with Crippen molar-refractivity contribution in [1.82, 2.24) is 0 Å². The van der Waals surface area contributed by atoms with Crippen molar-refractivity contribution in [3.8, 4) is 5.75 Å². The first-order valence-corrected chi connectivity index (χ1v) is 6.77. The molecule has 2 nitrogen and oxygen atoms in total. The number of aromatic hydroxyl groups is 1. The Morgan fingerprint density at radius 2 is 1.89 bits per heavy atom. The van der Waals surface area contributed by atoms with E-state index in [-0.39, 0.29) is 5.75 Å². The zero-order valence-electron chi connectivity index (χ0n) is 9.25. The van der Waals surface area contributed by atoms with Crippen LogP contribution in [0.4, 0.5) is 5.69 Å². The molecular weight excluding hydrogens is 337 g/mol. The van der Waals surface area contributed by atoms with Crippen LogP contribution in [0.5, 0.6) is 5.75 Å². The highest BCUT2D eigenvalue weighted by molar-refractivity contribution is 9.10. The SMILES string of the molecule is Oc1ccc(CNc2cc(Cl)ccc2Cl)cc1Br. The third-order valence-electron chi connectivity index (χ3n) is 2.42. The van der Waals surface area contributed by atoms with Gasteiger partial charge in [0.2, 0.25) is 0 Å². The van der Waals surface area contributed by atoms with E-state index in [0.29, 0.717) is 21.1 Å². The Labute approximate surface area is 124 Å². The Kier molecular flexibility index (Phi) is 4.38. The van der Waals surface area contributed by atoms with Crippen LogP contribution in [-0.4, -0.2) is 5.11 Å². The van der Waals surface area contributed by atoms with Crippen LogP contribution in [0.2, 0.25) is 10.0 Å². The Morgan fingerprint density at radius 3 is 2.61 bits per heavy atom. The fourth-order valence-corrected chi connectivity index (χ4v) is 2.27. The number of anilines is 1. The predicted octanol–water partition coefficient (Wildman–Crippen LogP) is 5.07. The molecule has 0 aliphatic carbocycles. The first-order valence-electron chi connectivity index (χ1n) is 5.22. The Bertz CT molecular complexity index is 575. The van der Waals surface area contributed by atoms with Gasteiger partial charge in [0.05, 0.1) is 15.2 Å². The molecule has 0 aliphatic rings. The van der Waals surface area contributed by atoms with Crippen molar-refractivity contribution in [2.75, 3.05) is 5.32 Å². The van der Waals surface area contributed by atoms with Gasteiger partial charge in [0.15, 0.2) is 0 Å². The molecule has 5 heteroatoms. The molecule has 0 aliphatic heterocycles. The highest BCUT2D eigenvalue weighted by Crippen LogP contribution is 2.27. The zero-order chi connectivity index (χ0) is 13.1. The van der Waals surface area contributed by atoms with Crippen molar-refractivity contribution < 1.29 is 5.11 Å². The van der Waals surface area contributed by atoms with E-state index in [4.69, 9.17) is 23.2 Å². The summed E-state index contributed by atoms with van der Waals surface area (Å²) >= 11 is 15.2. The molecule has 0 unspecified atom stereocenters. The first-order chi connectivity index (χ1) is 8.56. The normalized spacial score (nSPS) is 10.4. The minimum absolute atomic E-state index is 0.222. The molecule has 0 saturated carbocycles. The molecule has 0 saturated heterocycles. The van der Waals surface area contributed by atoms with Crippen molar-refractivity contribution in [2.45, 2.75) is 6.54 Å². The second-order valence-electron chi connectivity index (χ2n) is 3.76. The summed E-state index contributed by atoms with van der Waals surface area (Å²) in [6.45, 7) is 0.596. The van der Waals surface area contributed by atoms with Crippen LogP contribution in [0.25, 0.3) is 0 Å². The van der Waals surface area contributed by atoms with Gasteiger partial charge in [-0.15, -0.1) is 0 Å². The molecular formula is C13H10BrCl2NO. The average molecular weight is 347 g/mol. The summed E-state index contributed by atoms with van der Waals surface area (Å²) in [6, 6.07) is 10.6. The number of phenolic OH excluding ortho intramolecular Hbond substituents is 1. The van der Waals surface area contributed by atoms with E-state index < -0.39 is 0 Å². The average Bonchev–Trinajstić information content (AvgIpc) is 2.34. The van der Waals surface area contributed by atoms with Crippen LogP contribution >= 0.6 is 39.1 Å². The summed E-state index contributed by atoms with van der Waals surface area (Å²) in [6.07, 6.45) is 0. The van der Waals surface area contributed by atoms with Crippen LogP contribution in [0, 0.1) is 0 Å². The van der Waals surface area contributed by atoms with E-state index in [0.717, 1.165) is 11.3 Å².